The van der Waals surface area contributed by atoms with E-state index in [1.807, 2.05) is 6.92 Å². The second-order valence-corrected chi connectivity index (χ2v) is 12.0. The van der Waals surface area contributed by atoms with Gasteiger partial charge in [0, 0.05) is 26.1 Å². The number of hydrogen-bond donors (Lipinski definition) is 2. The first-order valence-corrected chi connectivity index (χ1v) is 14.6. The number of amides is 2. The van der Waals surface area contributed by atoms with E-state index < -0.39 is 11.8 Å². The lowest BCUT2D eigenvalue weighted by molar-refractivity contribution is -0.146. The van der Waals surface area contributed by atoms with E-state index in [9.17, 15) is 9.59 Å². The summed E-state index contributed by atoms with van der Waals surface area (Å²) >= 11 is 1.73. The number of carbonyl (C=O) groups excluding carboxylic acids is 2. The molecule has 39 heavy (non-hydrogen) atoms. The summed E-state index contributed by atoms with van der Waals surface area (Å²) in [5, 5.41) is 3.84. The monoisotopic (exact) mass is 550 g/mol. The third-order valence-corrected chi connectivity index (χ3v) is 9.28. The van der Waals surface area contributed by atoms with Gasteiger partial charge >= 0.3 is 11.8 Å². The number of likely N-dealkylation sites (N-methyl/N-ethyl adjacent to an activating group) is 1. The van der Waals surface area contributed by atoms with Crippen molar-refractivity contribution < 1.29 is 14.3 Å². The highest BCUT2D eigenvalue weighted by Gasteiger charge is 2.35. The quantitative estimate of drug-likeness (QED) is 0.458. The van der Waals surface area contributed by atoms with Crippen molar-refractivity contribution in [3.8, 4) is 0 Å². The molecule has 0 bridgehead atoms. The summed E-state index contributed by atoms with van der Waals surface area (Å²) in [4.78, 5) is 39.7. The van der Waals surface area contributed by atoms with E-state index in [0.29, 0.717) is 30.4 Å². The average Bonchev–Trinajstić information content (AvgIpc) is 3.36. The van der Waals surface area contributed by atoms with Gasteiger partial charge in [0.15, 0.2) is 0 Å². The maximum atomic E-state index is 13.5. The molecule has 0 aliphatic carbocycles. The van der Waals surface area contributed by atoms with Crippen molar-refractivity contribution >= 4 is 44.9 Å². The van der Waals surface area contributed by atoms with Crippen LogP contribution in [0, 0.1) is 5.92 Å². The standard InChI is InChI=1S/C29H38N6O3S/c1-5-18-12-20(14-31-26(18)30)32-27(36)29(37)35-15-17(2)6-8-23(35)19-7-9-25-22(13-19)33-28(39-25)21-10-11-34(3)16-24(21)38-4/h7,9,12-14,17,21,23-24H,5-6,8,10-11,15-16H2,1-4H3,(H2,30,31)(H,32,36)/t17-,21+,23+,24+/m0/s1. The van der Waals surface area contributed by atoms with Gasteiger partial charge in [0.25, 0.3) is 0 Å². The Kier molecular flexibility index (Phi) is 8.16. The van der Waals surface area contributed by atoms with E-state index in [0.717, 1.165) is 58.7 Å². The molecule has 2 fully saturated rings. The van der Waals surface area contributed by atoms with Gasteiger partial charge < -0.3 is 25.6 Å². The molecular weight excluding hydrogens is 512 g/mol. The van der Waals surface area contributed by atoms with Crippen LogP contribution in [0.1, 0.15) is 61.2 Å². The molecule has 2 aliphatic heterocycles. The lowest BCUT2D eigenvalue weighted by Gasteiger charge is -2.38. The topological polar surface area (TPSA) is 114 Å². The first-order chi connectivity index (χ1) is 18.8. The molecule has 4 atom stereocenters. The van der Waals surface area contributed by atoms with Crippen LogP contribution in [0.4, 0.5) is 11.5 Å². The SMILES string of the molecule is CCc1cc(NC(=O)C(=O)N2C[C@@H](C)CC[C@@H]2c2ccc3sc([C@@H]4CCN(C)C[C@H]4OC)nc3c2)cnc1N. The average molecular weight is 551 g/mol. The molecule has 0 radical (unpaired) electrons. The normalized spacial score (nSPS) is 24.2. The number of rotatable bonds is 5. The number of aryl methyl sites for hydroxylation is 1. The molecule has 2 aliphatic rings. The minimum absolute atomic E-state index is 0.125. The Hall–Kier alpha value is -3.08. The molecule has 3 aromatic rings. The summed E-state index contributed by atoms with van der Waals surface area (Å²) in [6, 6.07) is 7.89. The number of nitrogen functional groups attached to an aromatic ring is 1. The van der Waals surface area contributed by atoms with Crippen molar-refractivity contribution in [1.82, 2.24) is 19.8 Å². The van der Waals surface area contributed by atoms with E-state index in [2.05, 4.69) is 47.4 Å². The molecule has 208 valence electrons. The fourth-order valence-corrected chi connectivity index (χ4v) is 6.97. The van der Waals surface area contributed by atoms with E-state index in [1.54, 1.807) is 29.4 Å². The summed E-state index contributed by atoms with van der Waals surface area (Å²) in [7, 11) is 3.90. The van der Waals surface area contributed by atoms with Gasteiger partial charge in [0.2, 0.25) is 0 Å². The first kappa shape index (κ1) is 27.5. The Morgan fingerprint density at radius 3 is 2.79 bits per heavy atom. The largest absolute Gasteiger partial charge is 0.383 e. The number of ether oxygens (including phenoxy) is 1. The number of methoxy groups -OCH3 is 1. The molecule has 1 aromatic carbocycles. The highest BCUT2D eigenvalue weighted by molar-refractivity contribution is 7.18. The zero-order valence-corrected chi connectivity index (χ0v) is 24.0. The minimum atomic E-state index is -0.660. The lowest BCUT2D eigenvalue weighted by atomic mass is 9.89. The maximum Gasteiger partial charge on any atom is 0.313 e. The van der Waals surface area contributed by atoms with Gasteiger partial charge in [-0.1, -0.05) is 19.9 Å². The smallest absolute Gasteiger partial charge is 0.313 e. The molecule has 0 unspecified atom stereocenters. The van der Waals surface area contributed by atoms with E-state index in [1.165, 1.54) is 6.20 Å². The van der Waals surface area contributed by atoms with Crippen molar-refractivity contribution in [2.24, 2.45) is 5.92 Å². The Labute approximate surface area is 233 Å². The number of benzene rings is 1. The Morgan fingerprint density at radius 1 is 1.21 bits per heavy atom. The molecule has 0 spiro atoms. The number of nitrogens with two attached hydrogens (primary N) is 1. The number of carbonyl (C=O) groups is 2. The number of likely N-dealkylation sites (tertiary alicyclic amines) is 2. The molecule has 2 aromatic heterocycles. The molecule has 3 N–H and O–H groups in total. The fourth-order valence-electron chi connectivity index (χ4n) is 5.83. The summed E-state index contributed by atoms with van der Waals surface area (Å²) in [6.45, 7) is 6.54. The predicted molar refractivity (Wildman–Crippen MR) is 155 cm³/mol. The van der Waals surface area contributed by atoms with Crippen LogP contribution in [0.5, 0.6) is 0 Å². The van der Waals surface area contributed by atoms with E-state index in [4.69, 9.17) is 15.5 Å². The summed E-state index contributed by atoms with van der Waals surface area (Å²) in [5.74, 6) is -0.170. The minimum Gasteiger partial charge on any atom is -0.383 e. The van der Waals surface area contributed by atoms with Crippen LogP contribution < -0.4 is 11.1 Å². The number of aromatic nitrogens is 2. The van der Waals surface area contributed by atoms with Crippen molar-refractivity contribution in [3.63, 3.8) is 0 Å². The number of fused-ring (bicyclic) bond motifs is 1. The molecule has 10 heteroatoms. The zero-order chi connectivity index (χ0) is 27.7. The summed E-state index contributed by atoms with van der Waals surface area (Å²) in [5.41, 5.74) is 9.16. The fraction of sp³-hybridized carbons (Fsp3) is 0.517. The maximum absolute atomic E-state index is 13.5. The molecule has 5 rings (SSSR count). The number of pyridine rings is 1. The van der Waals surface area contributed by atoms with Crippen LogP contribution in [-0.2, 0) is 20.7 Å². The third kappa shape index (κ3) is 5.78. The molecular formula is C29H38N6O3S. The van der Waals surface area contributed by atoms with Gasteiger partial charge in [-0.3, -0.25) is 9.59 Å². The van der Waals surface area contributed by atoms with Crippen LogP contribution in [0.3, 0.4) is 0 Å². The number of thiazole rings is 1. The molecule has 2 amide bonds. The van der Waals surface area contributed by atoms with Gasteiger partial charge in [-0.05, 0) is 74.5 Å². The van der Waals surface area contributed by atoms with Crippen molar-refractivity contribution in [1.29, 1.82) is 0 Å². The van der Waals surface area contributed by atoms with Crippen LogP contribution in [0.25, 0.3) is 10.2 Å². The van der Waals surface area contributed by atoms with Crippen LogP contribution >= 0.6 is 11.3 Å². The Balaban J connectivity index is 1.37. The summed E-state index contributed by atoms with van der Waals surface area (Å²) in [6.07, 6.45) is 5.11. The van der Waals surface area contributed by atoms with Gasteiger partial charge in [0.05, 0.1) is 39.3 Å². The van der Waals surface area contributed by atoms with Crippen molar-refractivity contribution in [2.45, 2.75) is 57.6 Å². The molecule has 2 saturated heterocycles. The summed E-state index contributed by atoms with van der Waals surface area (Å²) < 4.78 is 6.94. The highest BCUT2D eigenvalue weighted by atomic mass is 32.1. The van der Waals surface area contributed by atoms with Crippen LogP contribution in [-0.4, -0.2) is 71.5 Å². The Morgan fingerprint density at radius 2 is 2.03 bits per heavy atom. The van der Waals surface area contributed by atoms with Crippen molar-refractivity contribution in [2.75, 3.05) is 44.8 Å². The number of anilines is 2. The lowest BCUT2D eigenvalue weighted by Crippen LogP contribution is -2.46. The number of nitrogens with zero attached hydrogens (tertiary/aromatic N) is 4. The number of nitrogens with one attached hydrogen (secondary N) is 1. The van der Waals surface area contributed by atoms with Gasteiger partial charge in [-0.2, -0.15) is 0 Å². The van der Waals surface area contributed by atoms with E-state index in [-0.39, 0.29) is 18.1 Å². The van der Waals surface area contributed by atoms with Crippen LogP contribution in [0.2, 0.25) is 0 Å². The van der Waals surface area contributed by atoms with Crippen molar-refractivity contribution in [3.05, 3.63) is 46.6 Å². The van der Waals surface area contributed by atoms with Crippen LogP contribution in [0.15, 0.2) is 30.5 Å². The predicted octanol–water partition coefficient (Wildman–Crippen LogP) is 4.21. The van der Waals surface area contributed by atoms with Gasteiger partial charge in [-0.25, -0.2) is 9.97 Å². The molecule has 4 heterocycles. The second-order valence-electron chi connectivity index (χ2n) is 10.9. The van der Waals surface area contributed by atoms with E-state index >= 15 is 0 Å². The first-order valence-electron chi connectivity index (χ1n) is 13.7. The number of piperidine rings is 2. The molecule has 9 nitrogen and oxygen atoms in total. The third-order valence-electron chi connectivity index (χ3n) is 8.11. The highest BCUT2D eigenvalue weighted by Crippen LogP contribution is 2.38. The number of hydrogen-bond acceptors (Lipinski definition) is 8. The molecule has 0 saturated carbocycles. The zero-order valence-electron chi connectivity index (χ0n) is 23.1. The van der Waals surface area contributed by atoms with Gasteiger partial charge in [0.1, 0.15) is 5.82 Å². The van der Waals surface area contributed by atoms with Gasteiger partial charge in [-0.15, -0.1) is 11.3 Å². The Bertz CT molecular complexity index is 1360. The second kappa shape index (κ2) is 11.6.